The molecule has 2 heterocycles. The molecule has 116 valence electrons. The van der Waals surface area contributed by atoms with Crippen molar-refractivity contribution < 1.29 is 9.59 Å². The van der Waals surface area contributed by atoms with E-state index in [1.165, 1.54) is 4.80 Å². The first-order valence-electron chi connectivity index (χ1n) is 7.14. The summed E-state index contributed by atoms with van der Waals surface area (Å²) < 4.78 is 0. The lowest BCUT2D eigenvalue weighted by molar-refractivity contribution is -0.157. The Balaban J connectivity index is 2.34. The molecule has 1 N–H and O–H groups in total. The van der Waals surface area contributed by atoms with Crippen molar-refractivity contribution >= 4 is 11.8 Å². The highest BCUT2D eigenvalue weighted by atomic mass is 16.2. The summed E-state index contributed by atoms with van der Waals surface area (Å²) >= 11 is 0. The van der Waals surface area contributed by atoms with Crippen LogP contribution in [0.3, 0.4) is 0 Å². The molecule has 1 aromatic rings. The van der Waals surface area contributed by atoms with Crippen LogP contribution >= 0.6 is 0 Å². The van der Waals surface area contributed by atoms with Crippen LogP contribution in [0.2, 0.25) is 0 Å². The monoisotopic (exact) mass is 294 g/mol. The zero-order valence-electron chi connectivity index (χ0n) is 13.1. The Hall–Kier alpha value is -1.99. The Morgan fingerprint density at radius 3 is 2.52 bits per heavy atom. The summed E-state index contributed by atoms with van der Waals surface area (Å²) in [6.07, 6.45) is 0.535. The number of aryl methyl sites for hydroxylation is 1. The lowest BCUT2D eigenvalue weighted by Crippen LogP contribution is -2.69. The molecule has 2 unspecified atom stereocenters. The van der Waals surface area contributed by atoms with Gasteiger partial charge in [-0.25, -0.2) is 0 Å². The van der Waals surface area contributed by atoms with Crippen molar-refractivity contribution in [2.75, 3.05) is 0 Å². The molecule has 0 aliphatic carbocycles. The first-order chi connectivity index (χ1) is 9.78. The molecule has 2 atom stereocenters. The minimum atomic E-state index is -0.870. The maximum atomic E-state index is 12.8. The molecule has 8 heteroatoms. The van der Waals surface area contributed by atoms with Crippen LogP contribution in [0.15, 0.2) is 0 Å². The van der Waals surface area contributed by atoms with Crippen molar-refractivity contribution in [3.05, 3.63) is 5.82 Å². The summed E-state index contributed by atoms with van der Waals surface area (Å²) in [5.74, 6) is 0.213. The van der Waals surface area contributed by atoms with Gasteiger partial charge in [0.15, 0.2) is 5.82 Å². The van der Waals surface area contributed by atoms with Crippen molar-refractivity contribution in [1.29, 1.82) is 0 Å². The Labute approximate surface area is 123 Å². The molecule has 0 bridgehead atoms. The number of amides is 2. The third kappa shape index (κ3) is 2.74. The molecule has 21 heavy (non-hydrogen) atoms. The van der Waals surface area contributed by atoms with E-state index in [0.29, 0.717) is 12.2 Å². The molecule has 0 aromatic carbocycles. The molecule has 1 aromatic heterocycles. The Kier molecular flexibility index (Phi) is 3.97. The van der Waals surface area contributed by atoms with E-state index >= 15 is 0 Å². The van der Waals surface area contributed by atoms with Gasteiger partial charge in [0.1, 0.15) is 11.6 Å². The zero-order valence-corrected chi connectivity index (χ0v) is 13.1. The number of hydrogen-bond donors (Lipinski definition) is 1. The van der Waals surface area contributed by atoms with E-state index in [4.69, 9.17) is 0 Å². The average molecular weight is 294 g/mol. The number of aromatic nitrogens is 4. The molecule has 0 spiro atoms. The SMILES string of the molecule is CCC1(C)NC(=O)C(C(C)C)N(Cc2nnn(C)n2)C1=O. The Bertz CT molecular complexity index is 555. The van der Waals surface area contributed by atoms with Crippen LogP contribution in [0.25, 0.3) is 0 Å². The maximum Gasteiger partial charge on any atom is 0.249 e. The van der Waals surface area contributed by atoms with E-state index in [-0.39, 0.29) is 24.3 Å². The highest BCUT2D eigenvalue weighted by molar-refractivity contribution is 5.99. The van der Waals surface area contributed by atoms with E-state index in [0.717, 1.165) is 0 Å². The molecule has 2 amide bonds. The summed E-state index contributed by atoms with van der Waals surface area (Å²) in [6, 6.07) is -0.513. The van der Waals surface area contributed by atoms with E-state index < -0.39 is 11.6 Å². The van der Waals surface area contributed by atoms with Gasteiger partial charge in [0.25, 0.3) is 0 Å². The highest BCUT2D eigenvalue weighted by Crippen LogP contribution is 2.26. The van der Waals surface area contributed by atoms with Crippen LogP contribution in [0.5, 0.6) is 0 Å². The fourth-order valence-electron chi connectivity index (χ4n) is 2.60. The quantitative estimate of drug-likeness (QED) is 0.834. The van der Waals surface area contributed by atoms with Crippen molar-refractivity contribution in [3.63, 3.8) is 0 Å². The number of tetrazole rings is 1. The Morgan fingerprint density at radius 1 is 1.38 bits per heavy atom. The number of rotatable bonds is 4. The fraction of sp³-hybridized carbons (Fsp3) is 0.769. The molecule has 1 saturated heterocycles. The molecular formula is C13H22N6O2. The number of piperazine rings is 1. The summed E-state index contributed by atoms with van der Waals surface area (Å²) in [6.45, 7) is 7.67. The molecule has 1 aliphatic heterocycles. The molecule has 0 radical (unpaired) electrons. The maximum absolute atomic E-state index is 12.8. The summed E-state index contributed by atoms with van der Waals surface area (Å²) in [7, 11) is 1.66. The second kappa shape index (κ2) is 5.42. The van der Waals surface area contributed by atoms with Gasteiger partial charge in [-0.2, -0.15) is 4.80 Å². The van der Waals surface area contributed by atoms with E-state index in [1.54, 1.807) is 18.9 Å². The third-order valence-corrected chi connectivity index (χ3v) is 3.94. The lowest BCUT2D eigenvalue weighted by Gasteiger charge is -2.45. The minimum absolute atomic E-state index is 0.00651. The van der Waals surface area contributed by atoms with Crippen LogP contribution in [-0.2, 0) is 23.2 Å². The largest absolute Gasteiger partial charge is 0.340 e. The Morgan fingerprint density at radius 2 is 2.05 bits per heavy atom. The fourth-order valence-corrected chi connectivity index (χ4v) is 2.60. The van der Waals surface area contributed by atoms with Gasteiger partial charge in [-0.1, -0.05) is 20.8 Å². The van der Waals surface area contributed by atoms with Gasteiger partial charge in [-0.15, -0.1) is 10.2 Å². The minimum Gasteiger partial charge on any atom is -0.340 e. The van der Waals surface area contributed by atoms with Crippen LogP contribution < -0.4 is 5.32 Å². The number of hydrogen-bond acceptors (Lipinski definition) is 5. The van der Waals surface area contributed by atoms with Crippen molar-refractivity contribution in [1.82, 2.24) is 30.4 Å². The first kappa shape index (κ1) is 15.4. The predicted octanol–water partition coefficient (Wildman–Crippen LogP) is -0.138. The highest BCUT2D eigenvalue weighted by Gasteiger charge is 2.48. The van der Waals surface area contributed by atoms with Crippen molar-refractivity contribution in [2.45, 2.75) is 52.2 Å². The topological polar surface area (TPSA) is 93.0 Å². The summed E-state index contributed by atoms with van der Waals surface area (Å²) in [4.78, 5) is 28.1. The first-order valence-corrected chi connectivity index (χ1v) is 7.14. The van der Waals surface area contributed by atoms with E-state index in [2.05, 4.69) is 20.7 Å². The second-order valence-electron chi connectivity index (χ2n) is 5.99. The summed E-state index contributed by atoms with van der Waals surface area (Å²) in [5, 5.41) is 14.6. The van der Waals surface area contributed by atoms with E-state index in [9.17, 15) is 9.59 Å². The van der Waals surface area contributed by atoms with Crippen LogP contribution in [-0.4, -0.2) is 48.5 Å². The number of carbonyl (C=O) groups is 2. The standard InChI is InChI=1S/C13H22N6O2/c1-6-13(4)12(21)19(7-9-15-17-18(5)16-9)10(8(2)3)11(20)14-13/h8,10H,6-7H2,1-5H3,(H,14,20). The van der Waals surface area contributed by atoms with Crippen LogP contribution in [0, 0.1) is 5.92 Å². The normalized spacial score (nSPS) is 26.4. The molecule has 2 rings (SSSR count). The van der Waals surface area contributed by atoms with Crippen LogP contribution in [0.1, 0.15) is 39.9 Å². The van der Waals surface area contributed by atoms with Crippen molar-refractivity contribution in [2.24, 2.45) is 13.0 Å². The number of nitrogens with one attached hydrogen (secondary N) is 1. The molecule has 1 aliphatic rings. The van der Waals surface area contributed by atoms with Gasteiger partial charge in [0.05, 0.1) is 13.6 Å². The molecular weight excluding hydrogens is 272 g/mol. The van der Waals surface area contributed by atoms with Crippen LogP contribution in [0.4, 0.5) is 0 Å². The molecule has 0 saturated carbocycles. The number of nitrogens with zero attached hydrogens (tertiary/aromatic N) is 5. The molecule has 8 nitrogen and oxygen atoms in total. The summed E-state index contributed by atoms with van der Waals surface area (Å²) in [5.41, 5.74) is -0.870. The van der Waals surface area contributed by atoms with Gasteiger partial charge < -0.3 is 10.2 Å². The zero-order chi connectivity index (χ0) is 15.8. The predicted molar refractivity (Wildman–Crippen MR) is 74.8 cm³/mol. The second-order valence-corrected chi connectivity index (χ2v) is 5.99. The van der Waals surface area contributed by atoms with Gasteiger partial charge in [-0.3, -0.25) is 9.59 Å². The van der Waals surface area contributed by atoms with Gasteiger partial charge in [0.2, 0.25) is 11.8 Å². The lowest BCUT2D eigenvalue weighted by atomic mass is 9.88. The van der Waals surface area contributed by atoms with Crippen molar-refractivity contribution in [3.8, 4) is 0 Å². The third-order valence-electron chi connectivity index (χ3n) is 3.94. The molecule has 1 fully saturated rings. The van der Waals surface area contributed by atoms with Gasteiger partial charge >= 0.3 is 0 Å². The van der Waals surface area contributed by atoms with E-state index in [1.807, 2.05) is 20.8 Å². The smallest absolute Gasteiger partial charge is 0.249 e. The van der Waals surface area contributed by atoms with Gasteiger partial charge in [-0.05, 0) is 24.5 Å². The average Bonchev–Trinajstić information content (AvgIpc) is 2.80. The van der Waals surface area contributed by atoms with Gasteiger partial charge in [0, 0.05) is 0 Å². The number of carbonyl (C=O) groups excluding carboxylic acids is 2.